The van der Waals surface area contributed by atoms with Gasteiger partial charge in [0.1, 0.15) is 11.3 Å². The molecule has 1 aromatic carbocycles. The van der Waals surface area contributed by atoms with Crippen LogP contribution in [0, 0.1) is 17.3 Å². The molecule has 0 heterocycles. The van der Waals surface area contributed by atoms with E-state index in [2.05, 4.69) is 20.8 Å². The van der Waals surface area contributed by atoms with Crippen LogP contribution in [0.25, 0.3) is 0 Å². The van der Waals surface area contributed by atoms with E-state index < -0.39 is 49.3 Å². The average molecular weight is 608 g/mol. The minimum Gasteiger partial charge on any atom is -0.490 e. The normalized spacial score (nSPS) is 23.9. The molecule has 0 bridgehead atoms. The summed E-state index contributed by atoms with van der Waals surface area (Å²) in [7, 11) is -4.95. The maximum Gasteiger partial charge on any atom is 0.469 e. The first-order valence-corrected chi connectivity index (χ1v) is 15.7. The third-order valence-corrected chi connectivity index (χ3v) is 9.30. The fourth-order valence-corrected chi connectivity index (χ4v) is 7.28. The second-order valence-corrected chi connectivity index (χ2v) is 15.1. The average Bonchev–Trinajstić information content (AvgIpc) is 2.79. The number of ether oxygens (including phenoxy) is 1. The number of nitrogens with zero attached hydrogens (tertiary/aromatic N) is 1. The van der Waals surface area contributed by atoms with E-state index in [0.29, 0.717) is 24.3 Å². The third-order valence-electron chi connectivity index (χ3n) is 8.83. The van der Waals surface area contributed by atoms with Crippen LogP contribution in [0.1, 0.15) is 97.3 Å². The number of carbonyl (C=O) groups is 1. The highest BCUT2D eigenvalue weighted by Gasteiger charge is 2.50. The molecule has 0 aromatic heterocycles. The Morgan fingerprint density at radius 3 is 2.02 bits per heavy atom. The summed E-state index contributed by atoms with van der Waals surface area (Å²) < 4.78 is 66.0. The molecule has 2 atom stereocenters. The van der Waals surface area contributed by atoms with Gasteiger partial charge in [-0.3, -0.25) is 9.42 Å². The summed E-state index contributed by atoms with van der Waals surface area (Å²) in [5.41, 5.74) is -2.53. The maximum atomic E-state index is 14.5. The number of phosphoric ester groups is 1. The lowest BCUT2D eigenvalue weighted by molar-refractivity contribution is -0.140. The molecule has 0 spiro atoms. The summed E-state index contributed by atoms with van der Waals surface area (Å²) in [5.74, 6) is -0.256. The standard InChI is InChI=1S/C29H45F3NO7P/c1-26(2,3)19-9-12-21(13-10-19)40-23-15-8-18-16-20(11-14-22(18)24(23)29(30,31)32)28(7,17-39-41(36,37)38)33(25(34)35)27(4,5)6/h8,15,19-21H,9-14,16-17H2,1-7H3,(H,34,35)(H2,36,37,38)/t19?,20-,21?,28-/m0/s1. The molecule has 0 radical (unpaired) electrons. The molecule has 3 N–H and O–H groups in total. The lowest BCUT2D eigenvalue weighted by Crippen LogP contribution is -2.64. The number of fused-ring (bicyclic) bond motifs is 1. The lowest BCUT2D eigenvalue weighted by Gasteiger charge is -2.52. The number of amides is 1. The van der Waals surface area contributed by atoms with Crippen molar-refractivity contribution in [3.8, 4) is 5.75 Å². The molecule has 0 unspecified atom stereocenters. The Morgan fingerprint density at radius 2 is 1.56 bits per heavy atom. The van der Waals surface area contributed by atoms with Crippen LogP contribution < -0.4 is 4.74 Å². The summed E-state index contributed by atoms with van der Waals surface area (Å²) in [6, 6.07) is 2.97. The van der Waals surface area contributed by atoms with Crippen molar-refractivity contribution in [1.82, 2.24) is 4.90 Å². The van der Waals surface area contributed by atoms with E-state index in [4.69, 9.17) is 9.26 Å². The molecule has 8 nitrogen and oxygen atoms in total. The smallest absolute Gasteiger partial charge is 0.469 e. The van der Waals surface area contributed by atoms with Gasteiger partial charge >= 0.3 is 20.1 Å². The van der Waals surface area contributed by atoms with Gasteiger partial charge in [-0.25, -0.2) is 9.36 Å². The van der Waals surface area contributed by atoms with E-state index in [1.54, 1.807) is 26.8 Å². The predicted octanol–water partition coefficient (Wildman–Crippen LogP) is 7.44. The van der Waals surface area contributed by atoms with Crippen LogP contribution in [0.15, 0.2) is 12.1 Å². The van der Waals surface area contributed by atoms with E-state index in [-0.39, 0.29) is 42.1 Å². The van der Waals surface area contributed by atoms with Crippen molar-refractivity contribution in [3.63, 3.8) is 0 Å². The van der Waals surface area contributed by atoms with Gasteiger partial charge in [0.05, 0.1) is 18.2 Å². The molecule has 1 amide bonds. The van der Waals surface area contributed by atoms with Crippen LogP contribution in [0.4, 0.5) is 18.0 Å². The monoisotopic (exact) mass is 607 g/mol. The number of phosphoric acid groups is 1. The SMILES string of the molecule is CC(C)(C)C1CCC(Oc2ccc3c(c2C(F)(F)F)CC[C@H]([C@](C)(COP(=O)(O)O)N(C(=O)O)C(C)(C)C)C3)CC1. The van der Waals surface area contributed by atoms with Gasteiger partial charge in [-0.15, -0.1) is 0 Å². The minimum atomic E-state index is -4.95. The van der Waals surface area contributed by atoms with Gasteiger partial charge in [0.25, 0.3) is 0 Å². The molecule has 1 fully saturated rings. The second kappa shape index (κ2) is 11.7. The number of benzene rings is 1. The topological polar surface area (TPSA) is 117 Å². The van der Waals surface area contributed by atoms with Gasteiger partial charge in [0.2, 0.25) is 0 Å². The lowest BCUT2D eigenvalue weighted by atomic mass is 9.71. The summed E-state index contributed by atoms with van der Waals surface area (Å²) >= 11 is 0. The van der Waals surface area contributed by atoms with Gasteiger partial charge in [0, 0.05) is 5.54 Å². The van der Waals surface area contributed by atoms with Crippen LogP contribution in [0.2, 0.25) is 0 Å². The maximum absolute atomic E-state index is 14.5. The molecule has 234 valence electrons. The highest BCUT2D eigenvalue weighted by molar-refractivity contribution is 7.46. The van der Waals surface area contributed by atoms with E-state index >= 15 is 0 Å². The molecule has 2 aliphatic carbocycles. The summed E-state index contributed by atoms with van der Waals surface area (Å²) in [6.07, 6.45) is -2.85. The fourth-order valence-electron chi connectivity index (χ4n) is 6.85. The second-order valence-electron chi connectivity index (χ2n) is 13.9. The van der Waals surface area contributed by atoms with Crippen molar-refractivity contribution in [2.24, 2.45) is 17.3 Å². The van der Waals surface area contributed by atoms with E-state index in [1.807, 2.05) is 0 Å². The molecular weight excluding hydrogens is 562 g/mol. The molecule has 0 saturated heterocycles. The van der Waals surface area contributed by atoms with Crippen LogP contribution >= 0.6 is 7.82 Å². The van der Waals surface area contributed by atoms with Crippen LogP contribution in [0.5, 0.6) is 5.75 Å². The fraction of sp³-hybridized carbons (Fsp3) is 0.759. The zero-order valence-electron chi connectivity index (χ0n) is 25.0. The molecular formula is C29H45F3NO7P. The quantitative estimate of drug-likeness (QED) is 0.276. The van der Waals surface area contributed by atoms with Crippen LogP contribution in [0.3, 0.4) is 0 Å². The number of hydrogen-bond acceptors (Lipinski definition) is 4. The van der Waals surface area contributed by atoms with Gasteiger partial charge in [-0.1, -0.05) is 26.8 Å². The number of alkyl halides is 3. The first kappa shape index (κ1) is 33.7. The minimum absolute atomic E-state index is 0.00586. The molecule has 41 heavy (non-hydrogen) atoms. The van der Waals surface area contributed by atoms with E-state index in [1.165, 1.54) is 13.0 Å². The summed E-state index contributed by atoms with van der Waals surface area (Å²) in [5, 5.41) is 10.1. The summed E-state index contributed by atoms with van der Waals surface area (Å²) in [6.45, 7) is 12.4. The van der Waals surface area contributed by atoms with Crippen molar-refractivity contribution < 1.29 is 46.7 Å². The van der Waals surface area contributed by atoms with Crippen molar-refractivity contribution in [2.45, 2.75) is 117 Å². The van der Waals surface area contributed by atoms with Crippen LogP contribution in [-0.2, 0) is 28.1 Å². The van der Waals surface area contributed by atoms with Crippen molar-refractivity contribution >= 4 is 13.9 Å². The van der Waals surface area contributed by atoms with E-state index in [0.717, 1.165) is 17.7 Å². The Morgan fingerprint density at radius 1 is 0.976 bits per heavy atom. The Hall–Kier alpha value is -1.81. The number of hydrogen-bond donors (Lipinski definition) is 3. The van der Waals surface area contributed by atoms with Crippen LogP contribution in [-0.4, -0.2) is 49.7 Å². The van der Waals surface area contributed by atoms with Crippen molar-refractivity contribution in [1.29, 1.82) is 0 Å². The largest absolute Gasteiger partial charge is 0.490 e. The van der Waals surface area contributed by atoms with E-state index in [9.17, 15) is 37.4 Å². The Balaban J connectivity index is 1.95. The molecule has 1 saturated carbocycles. The number of rotatable bonds is 7. The number of halogens is 3. The van der Waals surface area contributed by atoms with Gasteiger partial charge in [0.15, 0.2) is 0 Å². The first-order chi connectivity index (χ1) is 18.5. The zero-order valence-corrected chi connectivity index (χ0v) is 25.9. The van der Waals surface area contributed by atoms with Crippen molar-refractivity contribution in [2.75, 3.05) is 6.61 Å². The molecule has 1 aromatic rings. The Kier molecular flexibility index (Phi) is 9.61. The highest BCUT2D eigenvalue weighted by atomic mass is 31.2. The predicted molar refractivity (Wildman–Crippen MR) is 149 cm³/mol. The van der Waals surface area contributed by atoms with Gasteiger partial charge in [-0.2, -0.15) is 13.2 Å². The van der Waals surface area contributed by atoms with Gasteiger partial charge in [-0.05, 0) is 107 Å². The van der Waals surface area contributed by atoms with Gasteiger partial charge < -0.3 is 19.6 Å². The summed E-state index contributed by atoms with van der Waals surface area (Å²) in [4.78, 5) is 32.3. The molecule has 3 rings (SSSR count). The Labute approximate surface area is 240 Å². The molecule has 2 aliphatic rings. The third kappa shape index (κ3) is 7.98. The number of carboxylic acid groups (broad SMARTS) is 1. The molecule has 0 aliphatic heterocycles. The first-order valence-electron chi connectivity index (χ1n) is 14.2. The highest BCUT2D eigenvalue weighted by Crippen LogP contribution is 2.48. The van der Waals surface area contributed by atoms with Crippen molar-refractivity contribution in [3.05, 3.63) is 28.8 Å². The Bertz CT molecular complexity index is 1150. The zero-order chi connectivity index (χ0) is 31.2. The molecule has 12 heteroatoms.